The van der Waals surface area contributed by atoms with Crippen LogP contribution in [0.5, 0.6) is 0 Å². The Morgan fingerprint density at radius 1 is 1.43 bits per heavy atom. The monoisotopic (exact) mass is 230 g/mol. The fraction of sp³-hybridized carbons (Fsp3) is 0.750. The molecule has 1 atom stereocenters. The van der Waals surface area contributed by atoms with Gasteiger partial charge in [-0.2, -0.15) is 8.42 Å². The Balaban J connectivity index is 0. The number of aliphatic hydroxyl groups is 1. The quantitative estimate of drug-likeness (QED) is 0.582. The van der Waals surface area contributed by atoms with Crippen LogP contribution in [0, 0.1) is 0 Å². The molecule has 3 nitrogen and oxygen atoms in total. The van der Waals surface area contributed by atoms with Crippen molar-refractivity contribution in [2.75, 3.05) is 0 Å². The largest absolute Gasteiger partial charge is 0.476 e. The van der Waals surface area contributed by atoms with E-state index in [1.54, 1.807) is 0 Å². The molecule has 0 saturated heterocycles. The van der Waals surface area contributed by atoms with Gasteiger partial charge in [-0.25, -0.2) is 0 Å². The lowest BCUT2D eigenvalue weighted by Crippen LogP contribution is -2.03. The van der Waals surface area contributed by atoms with Crippen molar-refractivity contribution in [3.05, 3.63) is 12.7 Å². The zero-order valence-corrected chi connectivity index (χ0v) is 8.93. The standard InChI is InChI=1S/C8H16O.F2O2S/c1-3-5-7-8(9)6-4-2;1-5(2,3)4/h3,8-9H,1,4-7H2,2H3;. The minimum Gasteiger partial charge on any atom is -0.393 e. The number of aliphatic hydroxyl groups excluding tert-OH is 1. The van der Waals surface area contributed by atoms with E-state index in [-0.39, 0.29) is 6.10 Å². The molecular formula is C8H16F2O3S. The Hall–Kier alpha value is -0.490. The van der Waals surface area contributed by atoms with Gasteiger partial charge in [0, 0.05) is 0 Å². The maximum absolute atomic E-state index is 9.99. The van der Waals surface area contributed by atoms with Gasteiger partial charge in [0.25, 0.3) is 0 Å². The minimum atomic E-state index is -5.67. The molecule has 1 N–H and O–H groups in total. The van der Waals surface area contributed by atoms with Crippen LogP contribution in [0.3, 0.4) is 0 Å². The fourth-order valence-electron chi connectivity index (χ4n) is 0.788. The van der Waals surface area contributed by atoms with Gasteiger partial charge in [0.05, 0.1) is 6.10 Å². The average Bonchev–Trinajstić information content (AvgIpc) is 1.98. The molecule has 1 unspecified atom stereocenters. The van der Waals surface area contributed by atoms with Crippen molar-refractivity contribution >= 4 is 10.6 Å². The van der Waals surface area contributed by atoms with Crippen LogP contribution in [-0.2, 0) is 10.6 Å². The van der Waals surface area contributed by atoms with E-state index < -0.39 is 10.6 Å². The van der Waals surface area contributed by atoms with Crippen molar-refractivity contribution in [2.45, 2.75) is 38.7 Å². The van der Waals surface area contributed by atoms with Crippen molar-refractivity contribution in [1.29, 1.82) is 0 Å². The SMILES string of the molecule is C=CCCC(O)CCC.O=S(=O)(F)F. The van der Waals surface area contributed by atoms with Crippen LogP contribution in [0.1, 0.15) is 32.6 Å². The zero-order valence-electron chi connectivity index (χ0n) is 8.12. The Bertz CT molecular complexity index is 219. The van der Waals surface area contributed by atoms with Crippen LogP contribution in [0.25, 0.3) is 0 Å². The molecular weight excluding hydrogens is 214 g/mol. The molecule has 0 aliphatic rings. The molecule has 0 aromatic carbocycles. The summed E-state index contributed by atoms with van der Waals surface area (Å²) in [4.78, 5) is 0. The van der Waals surface area contributed by atoms with Crippen molar-refractivity contribution < 1.29 is 21.3 Å². The van der Waals surface area contributed by atoms with Gasteiger partial charge in [-0.05, 0) is 19.3 Å². The molecule has 0 aromatic heterocycles. The molecule has 0 aliphatic carbocycles. The summed E-state index contributed by atoms with van der Waals surface area (Å²) >= 11 is 0. The maximum Gasteiger partial charge on any atom is 0.476 e. The van der Waals surface area contributed by atoms with Gasteiger partial charge in [0.1, 0.15) is 0 Å². The molecule has 6 heteroatoms. The Labute approximate surface area is 84.0 Å². The fourth-order valence-corrected chi connectivity index (χ4v) is 0.788. The van der Waals surface area contributed by atoms with Gasteiger partial charge in [-0.1, -0.05) is 27.2 Å². The topological polar surface area (TPSA) is 54.4 Å². The second-order valence-corrected chi connectivity index (χ2v) is 3.44. The molecule has 0 fully saturated rings. The molecule has 0 amide bonds. The van der Waals surface area contributed by atoms with E-state index >= 15 is 0 Å². The summed E-state index contributed by atoms with van der Waals surface area (Å²) in [6, 6.07) is 0. The molecule has 14 heavy (non-hydrogen) atoms. The molecule has 0 aliphatic heterocycles. The molecule has 0 heterocycles. The van der Waals surface area contributed by atoms with Crippen molar-refractivity contribution in [3.8, 4) is 0 Å². The van der Waals surface area contributed by atoms with Gasteiger partial charge >= 0.3 is 10.6 Å². The summed E-state index contributed by atoms with van der Waals surface area (Å²) < 4.78 is 36.6. The lowest BCUT2D eigenvalue weighted by atomic mass is 10.1. The first-order valence-electron chi connectivity index (χ1n) is 4.24. The van der Waals surface area contributed by atoms with Crippen LogP contribution < -0.4 is 0 Å². The summed E-state index contributed by atoms with van der Waals surface area (Å²) in [5.41, 5.74) is 0. The molecule has 0 radical (unpaired) electrons. The Morgan fingerprint density at radius 2 is 1.86 bits per heavy atom. The van der Waals surface area contributed by atoms with E-state index in [1.807, 2.05) is 6.08 Å². The average molecular weight is 230 g/mol. The highest BCUT2D eigenvalue weighted by Gasteiger charge is 1.98. The lowest BCUT2D eigenvalue weighted by molar-refractivity contribution is 0.155. The summed E-state index contributed by atoms with van der Waals surface area (Å²) in [6.07, 6.45) is 5.54. The summed E-state index contributed by atoms with van der Waals surface area (Å²) in [5, 5.41) is 9.13. The first-order chi connectivity index (χ1) is 6.31. The zero-order chi connectivity index (χ0) is 11.6. The number of hydrogen-bond acceptors (Lipinski definition) is 3. The van der Waals surface area contributed by atoms with Crippen LogP contribution in [-0.4, -0.2) is 19.6 Å². The summed E-state index contributed by atoms with van der Waals surface area (Å²) in [7, 11) is -5.67. The third-order valence-corrected chi connectivity index (χ3v) is 1.33. The smallest absolute Gasteiger partial charge is 0.393 e. The van der Waals surface area contributed by atoms with E-state index in [0.717, 1.165) is 25.7 Å². The van der Waals surface area contributed by atoms with E-state index in [0.29, 0.717) is 0 Å². The second kappa shape index (κ2) is 9.08. The van der Waals surface area contributed by atoms with Crippen LogP contribution in [0.4, 0.5) is 7.77 Å². The Morgan fingerprint density at radius 3 is 2.14 bits per heavy atom. The van der Waals surface area contributed by atoms with Gasteiger partial charge in [0.15, 0.2) is 0 Å². The Kier molecular flexibility index (Phi) is 10.4. The van der Waals surface area contributed by atoms with Crippen molar-refractivity contribution in [2.24, 2.45) is 0 Å². The molecule has 0 rings (SSSR count). The maximum atomic E-state index is 9.99. The van der Waals surface area contributed by atoms with Gasteiger partial charge < -0.3 is 5.11 Å². The predicted octanol–water partition coefficient (Wildman–Crippen LogP) is 2.28. The number of rotatable bonds is 5. The molecule has 0 spiro atoms. The second-order valence-electron chi connectivity index (χ2n) is 2.69. The van der Waals surface area contributed by atoms with Gasteiger partial charge in [-0.15, -0.1) is 6.58 Å². The number of allylic oxidation sites excluding steroid dienone is 1. The van der Waals surface area contributed by atoms with Crippen molar-refractivity contribution in [1.82, 2.24) is 0 Å². The highest BCUT2D eigenvalue weighted by Crippen LogP contribution is 2.03. The summed E-state index contributed by atoms with van der Waals surface area (Å²) in [5.74, 6) is 0. The molecule has 86 valence electrons. The highest BCUT2D eigenvalue weighted by molar-refractivity contribution is 7.81. The van der Waals surface area contributed by atoms with Gasteiger partial charge in [-0.3, -0.25) is 0 Å². The number of hydrogen-bond donors (Lipinski definition) is 1. The first kappa shape index (κ1) is 16.0. The van der Waals surface area contributed by atoms with Crippen LogP contribution >= 0.6 is 0 Å². The van der Waals surface area contributed by atoms with E-state index in [4.69, 9.17) is 13.5 Å². The molecule has 0 aromatic rings. The van der Waals surface area contributed by atoms with Crippen LogP contribution in [0.15, 0.2) is 12.7 Å². The number of halogens is 2. The molecule has 0 bridgehead atoms. The summed E-state index contributed by atoms with van der Waals surface area (Å²) in [6.45, 7) is 5.66. The van der Waals surface area contributed by atoms with E-state index in [1.165, 1.54) is 0 Å². The molecule has 0 saturated carbocycles. The van der Waals surface area contributed by atoms with E-state index in [2.05, 4.69) is 13.5 Å². The van der Waals surface area contributed by atoms with E-state index in [9.17, 15) is 7.77 Å². The van der Waals surface area contributed by atoms with Crippen LogP contribution in [0.2, 0.25) is 0 Å². The predicted molar refractivity (Wildman–Crippen MR) is 51.5 cm³/mol. The third kappa shape index (κ3) is 30.0. The third-order valence-electron chi connectivity index (χ3n) is 1.33. The lowest BCUT2D eigenvalue weighted by Gasteiger charge is -2.05. The first-order valence-corrected chi connectivity index (χ1v) is 5.52. The minimum absolute atomic E-state index is 0.104. The normalized spacial score (nSPS) is 12.6. The van der Waals surface area contributed by atoms with Crippen molar-refractivity contribution in [3.63, 3.8) is 0 Å². The highest BCUT2D eigenvalue weighted by atomic mass is 32.3. The van der Waals surface area contributed by atoms with Gasteiger partial charge in [0.2, 0.25) is 0 Å².